The number of nitrogens with one attached hydrogen (secondary N) is 2. The van der Waals surface area contributed by atoms with E-state index in [0.717, 1.165) is 0 Å². The largest absolute Gasteiger partial charge is 0.393 e. The van der Waals surface area contributed by atoms with E-state index in [9.17, 15) is 4.79 Å². The number of carbonyl (C=O) groups is 1. The van der Waals surface area contributed by atoms with Gasteiger partial charge in [-0.25, -0.2) is 4.98 Å². The highest BCUT2D eigenvalue weighted by Crippen LogP contribution is 1.97. The van der Waals surface area contributed by atoms with Crippen molar-refractivity contribution in [2.75, 3.05) is 0 Å². The standard InChI is InChI=1S/C8H14N4O2/c1-5(3-6(2)13)11-8(14)7-9-4-10-12-7/h4-6,13H,3H2,1-2H3,(H,11,14)(H,9,10,12). The number of hydrogen-bond acceptors (Lipinski definition) is 4. The molecule has 2 atom stereocenters. The molecule has 1 aromatic heterocycles. The predicted octanol–water partition coefficient (Wildman–Crippen LogP) is -0.306. The number of aliphatic hydroxyl groups is 1. The summed E-state index contributed by atoms with van der Waals surface area (Å²) < 4.78 is 0. The first-order chi connectivity index (χ1) is 6.59. The van der Waals surface area contributed by atoms with Crippen molar-refractivity contribution in [2.45, 2.75) is 32.4 Å². The Morgan fingerprint density at radius 1 is 1.71 bits per heavy atom. The molecule has 0 aliphatic carbocycles. The maximum Gasteiger partial charge on any atom is 0.288 e. The Bertz CT molecular complexity index is 284. The summed E-state index contributed by atoms with van der Waals surface area (Å²) in [6.45, 7) is 3.50. The van der Waals surface area contributed by atoms with Crippen molar-refractivity contribution >= 4 is 5.91 Å². The molecule has 6 nitrogen and oxygen atoms in total. The number of amides is 1. The summed E-state index contributed by atoms with van der Waals surface area (Å²) in [7, 11) is 0. The maximum absolute atomic E-state index is 11.4. The molecule has 1 heterocycles. The van der Waals surface area contributed by atoms with Crippen molar-refractivity contribution in [3.8, 4) is 0 Å². The van der Waals surface area contributed by atoms with Gasteiger partial charge in [0.25, 0.3) is 5.91 Å². The minimum atomic E-state index is -0.431. The molecule has 1 amide bonds. The van der Waals surface area contributed by atoms with Gasteiger partial charge in [-0.2, -0.15) is 5.10 Å². The molecule has 1 rings (SSSR count). The Morgan fingerprint density at radius 2 is 2.43 bits per heavy atom. The molecular weight excluding hydrogens is 184 g/mol. The Hall–Kier alpha value is -1.43. The summed E-state index contributed by atoms with van der Waals surface area (Å²) in [6.07, 6.45) is 1.36. The highest BCUT2D eigenvalue weighted by molar-refractivity contribution is 5.90. The first-order valence-corrected chi connectivity index (χ1v) is 4.44. The molecule has 0 saturated carbocycles. The summed E-state index contributed by atoms with van der Waals surface area (Å²) >= 11 is 0. The number of H-pyrrole nitrogens is 1. The van der Waals surface area contributed by atoms with Crippen LogP contribution in [0.1, 0.15) is 30.9 Å². The third kappa shape index (κ3) is 3.14. The molecule has 2 unspecified atom stereocenters. The fourth-order valence-electron chi connectivity index (χ4n) is 1.18. The maximum atomic E-state index is 11.4. The first-order valence-electron chi connectivity index (χ1n) is 4.44. The zero-order valence-corrected chi connectivity index (χ0v) is 8.19. The van der Waals surface area contributed by atoms with Crippen molar-refractivity contribution in [3.63, 3.8) is 0 Å². The minimum absolute atomic E-state index is 0.0902. The van der Waals surface area contributed by atoms with Gasteiger partial charge in [-0.05, 0) is 20.3 Å². The van der Waals surface area contributed by atoms with E-state index < -0.39 is 6.10 Å². The lowest BCUT2D eigenvalue weighted by atomic mass is 10.1. The zero-order chi connectivity index (χ0) is 10.6. The van der Waals surface area contributed by atoms with Gasteiger partial charge in [0.15, 0.2) is 0 Å². The average molecular weight is 198 g/mol. The molecule has 0 aromatic carbocycles. The molecular formula is C8H14N4O2. The second-order valence-electron chi connectivity index (χ2n) is 3.29. The monoisotopic (exact) mass is 198 g/mol. The van der Waals surface area contributed by atoms with Crippen LogP contribution in [0.3, 0.4) is 0 Å². The number of hydrogen-bond donors (Lipinski definition) is 3. The van der Waals surface area contributed by atoms with Crippen LogP contribution in [0.5, 0.6) is 0 Å². The van der Waals surface area contributed by atoms with Crippen LogP contribution in [-0.2, 0) is 0 Å². The smallest absolute Gasteiger partial charge is 0.288 e. The molecule has 6 heteroatoms. The van der Waals surface area contributed by atoms with Crippen LogP contribution < -0.4 is 5.32 Å². The van der Waals surface area contributed by atoms with E-state index in [2.05, 4.69) is 20.5 Å². The Kier molecular flexibility index (Phi) is 3.58. The van der Waals surface area contributed by atoms with Crippen molar-refractivity contribution < 1.29 is 9.90 Å². The Morgan fingerprint density at radius 3 is 2.93 bits per heavy atom. The lowest BCUT2D eigenvalue weighted by Gasteiger charge is -2.13. The number of aromatic amines is 1. The normalized spacial score (nSPS) is 14.8. The van der Waals surface area contributed by atoms with Crippen LogP contribution in [0.15, 0.2) is 6.33 Å². The summed E-state index contributed by atoms with van der Waals surface area (Å²) in [5.41, 5.74) is 0. The summed E-state index contributed by atoms with van der Waals surface area (Å²) in [5.74, 6) is -0.127. The van der Waals surface area contributed by atoms with Gasteiger partial charge in [0.05, 0.1) is 6.10 Å². The van der Waals surface area contributed by atoms with Gasteiger partial charge in [-0.15, -0.1) is 0 Å². The molecule has 0 saturated heterocycles. The second-order valence-corrected chi connectivity index (χ2v) is 3.29. The van der Waals surface area contributed by atoms with Gasteiger partial charge in [0.1, 0.15) is 6.33 Å². The molecule has 0 aliphatic rings. The van der Waals surface area contributed by atoms with E-state index in [1.54, 1.807) is 6.92 Å². The second kappa shape index (κ2) is 4.71. The fraction of sp³-hybridized carbons (Fsp3) is 0.625. The van der Waals surface area contributed by atoms with E-state index in [-0.39, 0.29) is 17.8 Å². The highest BCUT2D eigenvalue weighted by Gasteiger charge is 2.13. The lowest BCUT2D eigenvalue weighted by molar-refractivity contribution is 0.0913. The van der Waals surface area contributed by atoms with E-state index >= 15 is 0 Å². The quantitative estimate of drug-likeness (QED) is 0.619. The summed E-state index contributed by atoms with van der Waals surface area (Å²) in [6, 6.07) is -0.0902. The van der Waals surface area contributed by atoms with Crippen molar-refractivity contribution in [1.29, 1.82) is 0 Å². The molecule has 14 heavy (non-hydrogen) atoms. The number of aromatic nitrogens is 3. The van der Waals surface area contributed by atoms with E-state index in [1.807, 2.05) is 6.92 Å². The fourth-order valence-corrected chi connectivity index (χ4v) is 1.18. The topological polar surface area (TPSA) is 90.9 Å². The number of aliphatic hydroxyl groups excluding tert-OH is 1. The Balaban J connectivity index is 2.41. The molecule has 3 N–H and O–H groups in total. The highest BCUT2D eigenvalue weighted by atomic mass is 16.3. The van der Waals surface area contributed by atoms with Gasteiger partial charge in [-0.1, -0.05) is 0 Å². The first kappa shape index (κ1) is 10.6. The molecule has 0 fully saturated rings. The number of carbonyl (C=O) groups excluding carboxylic acids is 1. The predicted molar refractivity (Wildman–Crippen MR) is 49.6 cm³/mol. The van der Waals surface area contributed by atoms with E-state index in [4.69, 9.17) is 5.11 Å². The van der Waals surface area contributed by atoms with Gasteiger partial charge >= 0.3 is 0 Å². The third-order valence-electron chi connectivity index (χ3n) is 1.70. The van der Waals surface area contributed by atoms with Crippen LogP contribution in [-0.4, -0.2) is 38.3 Å². The van der Waals surface area contributed by atoms with Gasteiger partial charge < -0.3 is 10.4 Å². The van der Waals surface area contributed by atoms with Crippen LogP contribution >= 0.6 is 0 Å². The van der Waals surface area contributed by atoms with Crippen LogP contribution in [0.25, 0.3) is 0 Å². The van der Waals surface area contributed by atoms with Crippen molar-refractivity contribution in [2.24, 2.45) is 0 Å². The molecule has 0 bridgehead atoms. The molecule has 1 aromatic rings. The van der Waals surface area contributed by atoms with Crippen LogP contribution in [0, 0.1) is 0 Å². The summed E-state index contributed by atoms with van der Waals surface area (Å²) in [4.78, 5) is 15.1. The number of nitrogens with zero attached hydrogens (tertiary/aromatic N) is 2. The van der Waals surface area contributed by atoms with Gasteiger partial charge in [-0.3, -0.25) is 9.89 Å². The van der Waals surface area contributed by atoms with Crippen LogP contribution in [0.2, 0.25) is 0 Å². The zero-order valence-electron chi connectivity index (χ0n) is 8.19. The van der Waals surface area contributed by atoms with Crippen molar-refractivity contribution in [1.82, 2.24) is 20.5 Å². The summed E-state index contributed by atoms with van der Waals surface area (Å²) in [5, 5.41) is 17.8. The van der Waals surface area contributed by atoms with Crippen LogP contribution in [0.4, 0.5) is 0 Å². The third-order valence-corrected chi connectivity index (χ3v) is 1.70. The van der Waals surface area contributed by atoms with E-state index in [0.29, 0.717) is 6.42 Å². The molecule has 0 spiro atoms. The SMILES string of the molecule is CC(O)CC(C)NC(=O)c1ncn[nH]1. The van der Waals surface area contributed by atoms with Gasteiger partial charge in [0, 0.05) is 6.04 Å². The molecule has 0 aliphatic heterocycles. The van der Waals surface area contributed by atoms with E-state index in [1.165, 1.54) is 6.33 Å². The van der Waals surface area contributed by atoms with Gasteiger partial charge in [0.2, 0.25) is 5.82 Å². The van der Waals surface area contributed by atoms with Crippen molar-refractivity contribution in [3.05, 3.63) is 12.2 Å². The number of rotatable bonds is 4. The molecule has 78 valence electrons. The average Bonchev–Trinajstić information content (AvgIpc) is 2.53. The molecule has 0 radical (unpaired) electrons. The Labute approximate surface area is 81.7 Å². The minimum Gasteiger partial charge on any atom is -0.393 e. The lowest BCUT2D eigenvalue weighted by Crippen LogP contribution is -2.35.